The highest BCUT2D eigenvalue weighted by molar-refractivity contribution is 5.92. The maximum absolute atomic E-state index is 12.8. The first kappa shape index (κ1) is 24.4. The van der Waals surface area contributed by atoms with Gasteiger partial charge in [0.25, 0.3) is 0 Å². The van der Waals surface area contributed by atoms with Gasteiger partial charge in [0.05, 0.1) is 21.3 Å². The molecule has 1 amide bonds. The second-order valence-corrected chi connectivity index (χ2v) is 8.46. The molecule has 0 unspecified atom stereocenters. The van der Waals surface area contributed by atoms with Crippen LogP contribution in [0.25, 0.3) is 17.2 Å². The Morgan fingerprint density at radius 3 is 2.09 bits per heavy atom. The average molecular weight is 473 g/mol. The van der Waals surface area contributed by atoms with Gasteiger partial charge in [0.2, 0.25) is 11.7 Å². The third-order valence-corrected chi connectivity index (χ3v) is 6.23. The van der Waals surface area contributed by atoms with Gasteiger partial charge in [-0.25, -0.2) is 0 Å². The number of carbonyl (C=O) groups is 1. The van der Waals surface area contributed by atoms with E-state index in [1.54, 1.807) is 27.4 Å². The van der Waals surface area contributed by atoms with Crippen LogP contribution in [0.4, 0.5) is 0 Å². The highest BCUT2D eigenvalue weighted by atomic mass is 16.5. The molecule has 0 spiro atoms. The molecule has 3 aromatic rings. The van der Waals surface area contributed by atoms with Crippen LogP contribution in [0.5, 0.6) is 17.2 Å². The van der Waals surface area contributed by atoms with E-state index in [2.05, 4.69) is 29.2 Å². The molecule has 6 nitrogen and oxygen atoms in total. The second kappa shape index (κ2) is 11.6. The summed E-state index contributed by atoms with van der Waals surface area (Å²) in [6, 6.07) is 22.4. The lowest BCUT2D eigenvalue weighted by molar-refractivity contribution is -0.127. The smallest absolute Gasteiger partial charge is 0.246 e. The zero-order chi connectivity index (χ0) is 24.6. The monoisotopic (exact) mass is 472 g/mol. The first-order valence-electron chi connectivity index (χ1n) is 11.7. The molecule has 1 fully saturated rings. The van der Waals surface area contributed by atoms with Gasteiger partial charge in [-0.3, -0.25) is 9.69 Å². The first-order valence-corrected chi connectivity index (χ1v) is 11.7. The molecule has 6 heteroatoms. The van der Waals surface area contributed by atoms with E-state index in [9.17, 15) is 4.79 Å². The van der Waals surface area contributed by atoms with Crippen LogP contribution in [0, 0.1) is 0 Å². The molecule has 1 aliphatic heterocycles. The molecule has 35 heavy (non-hydrogen) atoms. The van der Waals surface area contributed by atoms with Gasteiger partial charge < -0.3 is 19.1 Å². The van der Waals surface area contributed by atoms with Gasteiger partial charge in [-0.2, -0.15) is 0 Å². The van der Waals surface area contributed by atoms with Crippen molar-refractivity contribution in [2.24, 2.45) is 0 Å². The Morgan fingerprint density at radius 2 is 1.46 bits per heavy atom. The molecule has 0 aromatic heterocycles. The number of hydrogen-bond donors (Lipinski definition) is 0. The number of ether oxygens (including phenoxy) is 3. The van der Waals surface area contributed by atoms with Crippen molar-refractivity contribution in [3.05, 3.63) is 83.9 Å². The summed E-state index contributed by atoms with van der Waals surface area (Å²) >= 11 is 0. The van der Waals surface area contributed by atoms with E-state index >= 15 is 0 Å². The molecular formula is C29H32N2O4. The zero-order valence-electron chi connectivity index (χ0n) is 20.6. The van der Waals surface area contributed by atoms with E-state index in [1.165, 1.54) is 0 Å². The van der Waals surface area contributed by atoms with E-state index in [1.807, 2.05) is 53.4 Å². The van der Waals surface area contributed by atoms with Crippen molar-refractivity contribution in [1.82, 2.24) is 9.80 Å². The molecule has 4 rings (SSSR count). The maximum atomic E-state index is 12.8. The van der Waals surface area contributed by atoms with Crippen LogP contribution in [0.2, 0.25) is 0 Å². The average Bonchev–Trinajstić information content (AvgIpc) is 2.92. The molecule has 0 atom stereocenters. The number of piperazine rings is 1. The number of methoxy groups -OCH3 is 3. The molecule has 0 aliphatic carbocycles. The van der Waals surface area contributed by atoms with Gasteiger partial charge in [0.15, 0.2) is 11.5 Å². The third kappa shape index (κ3) is 6.03. The van der Waals surface area contributed by atoms with Gasteiger partial charge in [-0.15, -0.1) is 0 Å². The Morgan fingerprint density at radius 1 is 0.800 bits per heavy atom. The van der Waals surface area contributed by atoms with E-state index in [0.29, 0.717) is 30.3 Å². The van der Waals surface area contributed by atoms with E-state index in [4.69, 9.17) is 14.2 Å². The largest absolute Gasteiger partial charge is 0.493 e. The first-order chi connectivity index (χ1) is 17.1. The predicted molar refractivity (Wildman–Crippen MR) is 139 cm³/mol. The van der Waals surface area contributed by atoms with Gasteiger partial charge in [0.1, 0.15) is 0 Å². The number of nitrogens with zero attached hydrogens (tertiary/aromatic N) is 2. The minimum Gasteiger partial charge on any atom is -0.493 e. The van der Waals surface area contributed by atoms with E-state index in [-0.39, 0.29) is 5.91 Å². The number of amides is 1. The summed E-state index contributed by atoms with van der Waals surface area (Å²) in [5, 5.41) is 0. The maximum Gasteiger partial charge on any atom is 0.246 e. The Hall–Kier alpha value is -3.77. The van der Waals surface area contributed by atoms with Gasteiger partial charge in [-0.1, -0.05) is 48.5 Å². The topological polar surface area (TPSA) is 51.2 Å². The number of benzene rings is 3. The van der Waals surface area contributed by atoms with Crippen LogP contribution >= 0.6 is 0 Å². The summed E-state index contributed by atoms with van der Waals surface area (Å²) < 4.78 is 16.4. The molecular weight excluding hydrogens is 440 g/mol. The lowest BCUT2D eigenvalue weighted by Gasteiger charge is -2.34. The Labute approximate surface area is 207 Å². The summed E-state index contributed by atoms with van der Waals surface area (Å²) in [7, 11) is 4.85. The Bertz CT molecular complexity index is 1140. The third-order valence-electron chi connectivity index (χ3n) is 6.23. The van der Waals surface area contributed by atoms with Crippen molar-refractivity contribution >= 4 is 12.0 Å². The van der Waals surface area contributed by atoms with E-state index in [0.717, 1.165) is 41.9 Å². The SMILES string of the molecule is COc1cc(CN2CCN(C(=O)C=Cc3cccc(-c4ccccc4)c3)CC2)cc(OC)c1OC. The van der Waals surface area contributed by atoms with Crippen LogP contribution in [0.3, 0.4) is 0 Å². The van der Waals surface area contributed by atoms with Crippen molar-refractivity contribution in [3.8, 4) is 28.4 Å². The van der Waals surface area contributed by atoms with Crippen LogP contribution in [0.1, 0.15) is 11.1 Å². The lowest BCUT2D eigenvalue weighted by Crippen LogP contribution is -2.47. The summed E-state index contributed by atoms with van der Waals surface area (Å²) in [5.41, 5.74) is 4.40. The minimum atomic E-state index is 0.0440. The lowest BCUT2D eigenvalue weighted by atomic mass is 10.0. The summed E-state index contributed by atoms with van der Waals surface area (Å²) in [6.45, 7) is 3.75. The number of rotatable bonds is 8. The van der Waals surface area contributed by atoms with Gasteiger partial charge >= 0.3 is 0 Å². The van der Waals surface area contributed by atoms with Crippen molar-refractivity contribution in [3.63, 3.8) is 0 Å². The van der Waals surface area contributed by atoms with Gasteiger partial charge in [0, 0.05) is 38.8 Å². The number of carbonyl (C=O) groups excluding carboxylic acids is 1. The fourth-order valence-corrected chi connectivity index (χ4v) is 4.34. The Kier molecular flexibility index (Phi) is 8.06. The van der Waals surface area contributed by atoms with Crippen LogP contribution in [-0.4, -0.2) is 63.2 Å². The summed E-state index contributed by atoms with van der Waals surface area (Å²) in [5.74, 6) is 1.94. The van der Waals surface area contributed by atoms with Crippen molar-refractivity contribution in [1.29, 1.82) is 0 Å². The summed E-state index contributed by atoms with van der Waals surface area (Å²) in [6.07, 6.45) is 3.58. The minimum absolute atomic E-state index is 0.0440. The fourth-order valence-electron chi connectivity index (χ4n) is 4.34. The van der Waals surface area contributed by atoms with Crippen molar-refractivity contribution in [2.75, 3.05) is 47.5 Å². The molecule has 1 saturated heterocycles. The highest BCUT2D eigenvalue weighted by Crippen LogP contribution is 2.38. The molecule has 0 bridgehead atoms. The molecule has 1 aliphatic rings. The molecule has 3 aromatic carbocycles. The predicted octanol–water partition coefficient (Wildman–Crippen LogP) is 4.74. The zero-order valence-corrected chi connectivity index (χ0v) is 20.6. The quantitative estimate of drug-likeness (QED) is 0.444. The molecule has 182 valence electrons. The normalized spacial score (nSPS) is 14.2. The standard InChI is InChI=1S/C29H32N2O4/c1-33-26-19-23(20-27(34-2)29(26)35-3)21-30-14-16-31(17-15-30)28(32)13-12-22-8-7-11-25(18-22)24-9-5-4-6-10-24/h4-13,18-20H,14-17,21H2,1-3H3. The second-order valence-electron chi connectivity index (χ2n) is 8.46. The number of hydrogen-bond acceptors (Lipinski definition) is 5. The molecule has 0 saturated carbocycles. The summed E-state index contributed by atoms with van der Waals surface area (Å²) in [4.78, 5) is 17.0. The van der Waals surface area contributed by atoms with Crippen LogP contribution in [-0.2, 0) is 11.3 Å². The van der Waals surface area contributed by atoms with Gasteiger partial charge in [-0.05, 0) is 46.5 Å². The Balaban J connectivity index is 1.34. The van der Waals surface area contributed by atoms with Crippen molar-refractivity contribution < 1.29 is 19.0 Å². The molecule has 0 radical (unpaired) electrons. The van der Waals surface area contributed by atoms with E-state index < -0.39 is 0 Å². The van der Waals surface area contributed by atoms with Crippen LogP contribution in [0.15, 0.2) is 72.8 Å². The molecule has 0 N–H and O–H groups in total. The van der Waals surface area contributed by atoms with Crippen LogP contribution < -0.4 is 14.2 Å². The molecule has 1 heterocycles. The highest BCUT2D eigenvalue weighted by Gasteiger charge is 2.21. The van der Waals surface area contributed by atoms with Crippen molar-refractivity contribution in [2.45, 2.75) is 6.54 Å². The fraction of sp³-hybridized carbons (Fsp3) is 0.276.